The van der Waals surface area contributed by atoms with Gasteiger partial charge in [-0.1, -0.05) is 11.6 Å². The van der Waals surface area contributed by atoms with E-state index in [-0.39, 0.29) is 17.9 Å². The molecule has 0 saturated heterocycles. The Kier molecular flexibility index (Phi) is 4.71. The molecule has 0 spiro atoms. The predicted molar refractivity (Wildman–Crippen MR) is 87.4 cm³/mol. The summed E-state index contributed by atoms with van der Waals surface area (Å²) in [6.07, 6.45) is 0.764. The fraction of sp³-hybridized carbons (Fsp3) is 0.250. The van der Waals surface area contributed by atoms with Gasteiger partial charge in [-0.05, 0) is 29.8 Å². The molecule has 1 heterocycles. The van der Waals surface area contributed by atoms with E-state index in [0.717, 1.165) is 24.1 Å². The lowest BCUT2D eigenvalue weighted by Crippen LogP contribution is -2.04. The maximum absolute atomic E-state index is 13.2. The Morgan fingerprint density at radius 1 is 1.25 bits per heavy atom. The molecule has 8 heteroatoms. The summed E-state index contributed by atoms with van der Waals surface area (Å²) in [5.41, 5.74) is 0.669. The maximum Gasteiger partial charge on any atom is 0.295 e. The molecule has 0 saturated carbocycles. The van der Waals surface area contributed by atoms with Crippen LogP contribution in [0, 0.1) is 15.9 Å². The highest BCUT2D eigenvalue weighted by molar-refractivity contribution is 6.32. The van der Waals surface area contributed by atoms with Crippen molar-refractivity contribution in [2.75, 3.05) is 18.5 Å². The second-order valence-corrected chi connectivity index (χ2v) is 5.63. The van der Waals surface area contributed by atoms with Crippen molar-refractivity contribution in [3.8, 4) is 11.5 Å². The molecule has 0 unspecified atom stereocenters. The van der Waals surface area contributed by atoms with Gasteiger partial charge < -0.3 is 14.8 Å². The Hall–Kier alpha value is -2.54. The Labute approximate surface area is 142 Å². The second-order valence-electron chi connectivity index (χ2n) is 5.23. The van der Waals surface area contributed by atoms with Gasteiger partial charge in [0.1, 0.15) is 11.5 Å². The molecule has 1 aliphatic heterocycles. The lowest BCUT2D eigenvalue weighted by Gasteiger charge is -2.12. The molecule has 24 heavy (non-hydrogen) atoms. The lowest BCUT2D eigenvalue weighted by molar-refractivity contribution is -0.384. The minimum Gasteiger partial charge on any atom is -0.489 e. The molecule has 1 N–H and O–H groups in total. The molecule has 0 aliphatic carbocycles. The zero-order chi connectivity index (χ0) is 17.1. The SMILES string of the molecule is O=[N+]([O-])c1cc(F)ccc1NCc1cc(Cl)c2c(c1)OCCCO2. The Balaban J connectivity index is 1.82. The molecule has 6 nitrogen and oxygen atoms in total. The normalized spacial score (nSPS) is 13.2. The summed E-state index contributed by atoms with van der Waals surface area (Å²) < 4.78 is 24.3. The highest BCUT2D eigenvalue weighted by Gasteiger charge is 2.17. The highest BCUT2D eigenvalue weighted by Crippen LogP contribution is 2.38. The molecule has 0 bridgehead atoms. The first-order valence-corrected chi connectivity index (χ1v) is 7.68. The van der Waals surface area contributed by atoms with Crippen molar-refractivity contribution in [2.24, 2.45) is 0 Å². The van der Waals surface area contributed by atoms with Crippen LogP contribution in [0.3, 0.4) is 0 Å². The summed E-state index contributed by atoms with van der Waals surface area (Å²) in [7, 11) is 0. The van der Waals surface area contributed by atoms with Gasteiger partial charge in [-0.2, -0.15) is 0 Å². The number of hydrogen-bond donors (Lipinski definition) is 1. The standard InChI is InChI=1S/C16H14ClFN2O4/c17-12-6-10(7-15-16(12)24-5-1-4-23-15)9-19-13-3-2-11(18)8-14(13)20(21)22/h2-3,6-8,19H,1,4-5,9H2. The monoisotopic (exact) mass is 352 g/mol. The number of anilines is 1. The van der Waals surface area contributed by atoms with Crippen molar-refractivity contribution < 1.29 is 18.8 Å². The zero-order valence-electron chi connectivity index (χ0n) is 12.6. The number of benzene rings is 2. The number of nitro benzene ring substituents is 1. The van der Waals surface area contributed by atoms with E-state index in [0.29, 0.717) is 29.7 Å². The fourth-order valence-corrected chi connectivity index (χ4v) is 2.68. The van der Waals surface area contributed by atoms with Crippen LogP contribution in [0.15, 0.2) is 30.3 Å². The van der Waals surface area contributed by atoms with Gasteiger partial charge in [-0.3, -0.25) is 10.1 Å². The number of fused-ring (bicyclic) bond motifs is 1. The van der Waals surface area contributed by atoms with Crippen LogP contribution in [-0.2, 0) is 6.54 Å². The van der Waals surface area contributed by atoms with Crippen molar-refractivity contribution in [3.05, 3.63) is 56.8 Å². The van der Waals surface area contributed by atoms with E-state index in [1.54, 1.807) is 12.1 Å². The minimum atomic E-state index is -0.661. The van der Waals surface area contributed by atoms with Crippen molar-refractivity contribution >= 4 is 23.0 Å². The van der Waals surface area contributed by atoms with E-state index in [1.807, 2.05) is 0 Å². The molecular weight excluding hydrogens is 339 g/mol. The Bertz CT molecular complexity index is 785. The molecule has 0 fully saturated rings. The summed E-state index contributed by atoms with van der Waals surface area (Å²) in [4.78, 5) is 10.4. The van der Waals surface area contributed by atoms with Crippen molar-refractivity contribution in [3.63, 3.8) is 0 Å². The van der Waals surface area contributed by atoms with Gasteiger partial charge >= 0.3 is 0 Å². The van der Waals surface area contributed by atoms with Gasteiger partial charge in [0.15, 0.2) is 11.5 Å². The number of hydrogen-bond acceptors (Lipinski definition) is 5. The van der Waals surface area contributed by atoms with E-state index in [4.69, 9.17) is 21.1 Å². The van der Waals surface area contributed by atoms with Crippen LogP contribution in [0.1, 0.15) is 12.0 Å². The van der Waals surface area contributed by atoms with Crippen LogP contribution in [-0.4, -0.2) is 18.1 Å². The van der Waals surface area contributed by atoms with E-state index >= 15 is 0 Å². The third-order valence-electron chi connectivity index (χ3n) is 3.50. The summed E-state index contributed by atoms with van der Waals surface area (Å²) in [6.45, 7) is 1.33. The number of nitrogens with one attached hydrogen (secondary N) is 1. The summed E-state index contributed by atoms with van der Waals surface area (Å²) >= 11 is 6.21. The average Bonchev–Trinajstić information content (AvgIpc) is 2.79. The van der Waals surface area contributed by atoms with Gasteiger partial charge in [0.25, 0.3) is 5.69 Å². The highest BCUT2D eigenvalue weighted by atomic mass is 35.5. The van der Waals surface area contributed by atoms with Gasteiger partial charge in [-0.25, -0.2) is 4.39 Å². The molecule has 0 amide bonds. The van der Waals surface area contributed by atoms with E-state index in [9.17, 15) is 14.5 Å². The molecule has 3 rings (SSSR count). The number of nitrogens with zero attached hydrogens (tertiary/aromatic N) is 1. The minimum absolute atomic E-state index is 0.227. The Morgan fingerprint density at radius 2 is 2.04 bits per heavy atom. The molecule has 0 atom stereocenters. The van der Waals surface area contributed by atoms with Gasteiger partial charge in [0.2, 0.25) is 0 Å². The van der Waals surface area contributed by atoms with Crippen LogP contribution in [0.2, 0.25) is 5.02 Å². The quantitative estimate of drug-likeness (QED) is 0.660. The fourth-order valence-electron chi connectivity index (χ4n) is 2.39. The average molecular weight is 353 g/mol. The lowest BCUT2D eigenvalue weighted by atomic mass is 10.2. The van der Waals surface area contributed by atoms with Crippen LogP contribution in [0.5, 0.6) is 11.5 Å². The molecule has 2 aromatic carbocycles. The van der Waals surface area contributed by atoms with Crippen LogP contribution >= 0.6 is 11.6 Å². The third-order valence-corrected chi connectivity index (χ3v) is 3.78. The first kappa shape index (κ1) is 16.3. The number of ether oxygens (including phenoxy) is 2. The first-order valence-electron chi connectivity index (χ1n) is 7.30. The molecule has 2 aromatic rings. The van der Waals surface area contributed by atoms with Crippen molar-refractivity contribution in [1.29, 1.82) is 0 Å². The molecule has 126 valence electrons. The number of halogens is 2. The first-order chi connectivity index (χ1) is 11.5. The summed E-state index contributed by atoms with van der Waals surface area (Å²) in [6, 6.07) is 6.85. The van der Waals surface area contributed by atoms with Gasteiger partial charge in [0, 0.05) is 13.0 Å². The molecule has 1 aliphatic rings. The zero-order valence-corrected chi connectivity index (χ0v) is 13.3. The van der Waals surface area contributed by atoms with Crippen LogP contribution < -0.4 is 14.8 Å². The summed E-state index contributed by atoms with van der Waals surface area (Å²) in [5, 5.41) is 14.4. The molecule has 0 aromatic heterocycles. The van der Waals surface area contributed by atoms with Crippen LogP contribution in [0.25, 0.3) is 0 Å². The summed E-state index contributed by atoms with van der Waals surface area (Å²) in [5.74, 6) is 0.391. The topological polar surface area (TPSA) is 73.6 Å². The molecule has 0 radical (unpaired) electrons. The second kappa shape index (κ2) is 6.92. The smallest absolute Gasteiger partial charge is 0.295 e. The van der Waals surface area contributed by atoms with Crippen LogP contribution in [0.4, 0.5) is 15.8 Å². The Morgan fingerprint density at radius 3 is 2.83 bits per heavy atom. The van der Waals surface area contributed by atoms with E-state index in [2.05, 4.69) is 5.32 Å². The predicted octanol–water partition coefficient (Wildman–Crippen LogP) is 4.16. The van der Waals surface area contributed by atoms with E-state index in [1.165, 1.54) is 6.07 Å². The number of rotatable bonds is 4. The van der Waals surface area contributed by atoms with Gasteiger partial charge in [-0.15, -0.1) is 0 Å². The third kappa shape index (κ3) is 3.51. The van der Waals surface area contributed by atoms with Crippen molar-refractivity contribution in [1.82, 2.24) is 0 Å². The van der Waals surface area contributed by atoms with Crippen molar-refractivity contribution in [2.45, 2.75) is 13.0 Å². The number of nitro groups is 1. The molecular formula is C16H14ClFN2O4. The largest absolute Gasteiger partial charge is 0.489 e. The van der Waals surface area contributed by atoms with Gasteiger partial charge in [0.05, 0.1) is 29.2 Å². The maximum atomic E-state index is 13.2. The van der Waals surface area contributed by atoms with E-state index < -0.39 is 10.7 Å².